The van der Waals surface area contributed by atoms with Crippen LogP contribution >= 0.6 is 11.3 Å². The van der Waals surface area contributed by atoms with E-state index in [0.717, 1.165) is 0 Å². The lowest BCUT2D eigenvalue weighted by Crippen LogP contribution is -2.15. The number of benzene rings is 1. The Bertz CT molecular complexity index is 861. The van der Waals surface area contributed by atoms with Crippen molar-refractivity contribution in [3.63, 3.8) is 0 Å². The molecule has 0 spiro atoms. The van der Waals surface area contributed by atoms with Gasteiger partial charge in [0.05, 0.1) is 12.5 Å². The van der Waals surface area contributed by atoms with Gasteiger partial charge in [0.15, 0.2) is 11.0 Å². The van der Waals surface area contributed by atoms with E-state index in [9.17, 15) is 14.3 Å². The summed E-state index contributed by atoms with van der Waals surface area (Å²) >= 11 is 1.27. The van der Waals surface area contributed by atoms with Gasteiger partial charge in [-0.3, -0.25) is 4.79 Å². The number of carbonyl (C=O) groups is 1. The van der Waals surface area contributed by atoms with Crippen LogP contribution in [0, 0.1) is 5.82 Å². The molecule has 3 aromatic rings. The first-order chi connectivity index (χ1) is 11.5. The molecule has 2 aromatic heterocycles. The molecule has 0 aliphatic rings. The Morgan fingerprint density at radius 1 is 1.50 bits per heavy atom. The summed E-state index contributed by atoms with van der Waals surface area (Å²) in [4.78, 5) is 20.5. The van der Waals surface area contributed by atoms with Gasteiger partial charge in [0.25, 0.3) is 0 Å². The Morgan fingerprint density at radius 2 is 2.33 bits per heavy atom. The lowest BCUT2D eigenvalue weighted by Gasteiger charge is -2.10. The number of nitrogens with zero attached hydrogens (tertiary/aromatic N) is 3. The number of carbonyl (C=O) groups excluding carboxylic acids is 1. The lowest BCUT2D eigenvalue weighted by atomic mass is 10.1. The van der Waals surface area contributed by atoms with E-state index < -0.39 is 17.8 Å². The zero-order valence-corrected chi connectivity index (χ0v) is 13.6. The van der Waals surface area contributed by atoms with Crippen molar-refractivity contribution in [2.24, 2.45) is 7.05 Å². The molecule has 0 aliphatic carbocycles. The SMILES string of the molecule is Cn1ccnc1-c1csc(NC(=O)CC(O)c2cccc(F)c2)n1. The van der Waals surface area contributed by atoms with Crippen molar-refractivity contribution in [2.45, 2.75) is 12.5 Å². The van der Waals surface area contributed by atoms with Gasteiger partial charge in [-0.15, -0.1) is 11.3 Å². The first-order valence-electron chi connectivity index (χ1n) is 7.19. The molecule has 1 amide bonds. The molecule has 0 aliphatic heterocycles. The minimum atomic E-state index is -1.07. The molecule has 1 atom stereocenters. The summed E-state index contributed by atoms with van der Waals surface area (Å²) in [6, 6.07) is 5.56. The molecule has 124 valence electrons. The summed E-state index contributed by atoms with van der Waals surface area (Å²) in [5.74, 6) is -0.148. The van der Waals surface area contributed by atoms with Gasteiger partial charge < -0.3 is 15.0 Å². The Balaban J connectivity index is 1.63. The minimum absolute atomic E-state index is 0.180. The molecular weight excluding hydrogens is 331 g/mol. The Morgan fingerprint density at radius 3 is 3.04 bits per heavy atom. The van der Waals surface area contributed by atoms with Gasteiger partial charge >= 0.3 is 0 Å². The number of hydrogen-bond donors (Lipinski definition) is 2. The van der Waals surface area contributed by atoms with E-state index in [4.69, 9.17) is 0 Å². The summed E-state index contributed by atoms with van der Waals surface area (Å²) in [6.45, 7) is 0. The van der Waals surface area contributed by atoms with E-state index in [1.807, 2.05) is 17.8 Å². The van der Waals surface area contributed by atoms with Gasteiger partial charge in [-0.05, 0) is 17.7 Å². The van der Waals surface area contributed by atoms with Crippen molar-refractivity contribution < 1.29 is 14.3 Å². The second kappa shape index (κ2) is 6.90. The van der Waals surface area contributed by atoms with Crippen molar-refractivity contribution in [3.05, 3.63) is 53.4 Å². The van der Waals surface area contributed by atoms with Crippen molar-refractivity contribution in [3.8, 4) is 11.5 Å². The maximum Gasteiger partial charge on any atom is 0.229 e. The molecular formula is C16H15FN4O2S. The van der Waals surface area contributed by atoms with E-state index in [1.165, 1.54) is 29.5 Å². The number of aryl methyl sites for hydroxylation is 1. The third-order valence-electron chi connectivity index (χ3n) is 3.41. The van der Waals surface area contributed by atoms with Crippen LogP contribution in [0.25, 0.3) is 11.5 Å². The summed E-state index contributed by atoms with van der Waals surface area (Å²) in [7, 11) is 1.86. The fourth-order valence-corrected chi connectivity index (χ4v) is 2.93. The highest BCUT2D eigenvalue weighted by Gasteiger charge is 2.16. The van der Waals surface area contributed by atoms with Crippen LogP contribution in [0.1, 0.15) is 18.1 Å². The van der Waals surface area contributed by atoms with Crippen LogP contribution < -0.4 is 5.32 Å². The van der Waals surface area contributed by atoms with Crippen molar-refractivity contribution >= 4 is 22.4 Å². The van der Waals surface area contributed by atoms with Crippen molar-refractivity contribution in [2.75, 3.05) is 5.32 Å². The second-order valence-electron chi connectivity index (χ2n) is 5.22. The summed E-state index contributed by atoms with van der Waals surface area (Å²) in [6.07, 6.45) is 2.22. The fraction of sp³-hybridized carbons (Fsp3) is 0.188. The van der Waals surface area contributed by atoms with Gasteiger partial charge in [0, 0.05) is 24.8 Å². The Hall–Kier alpha value is -2.58. The first-order valence-corrected chi connectivity index (χ1v) is 8.07. The molecule has 1 unspecified atom stereocenters. The van der Waals surface area contributed by atoms with Crippen LogP contribution in [-0.2, 0) is 11.8 Å². The predicted octanol–water partition coefficient (Wildman–Crippen LogP) is 2.74. The number of aromatic nitrogens is 3. The van der Waals surface area contributed by atoms with Crippen molar-refractivity contribution in [1.82, 2.24) is 14.5 Å². The number of halogens is 1. The van der Waals surface area contributed by atoms with Gasteiger partial charge in [0.1, 0.15) is 11.5 Å². The number of nitrogens with one attached hydrogen (secondary N) is 1. The van der Waals surface area contributed by atoms with E-state index in [-0.39, 0.29) is 6.42 Å². The molecule has 0 saturated carbocycles. The van der Waals surface area contributed by atoms with E-state index in [2.05, 4.69) is 15.3 Å². The van der Waals surface area contributed by atoms with E-state index >= 15 is 0 Å². The summed E-state index contributed by atoms with van der Waals surface area (Å²) < 4.78 is 15.0. The number of aliphatic hydroxyl groups excluding tert-OH is 1. The van der Waals surface area contributed by atoms with E-state index in [1.54, 1.807) is 17.6 Å². The lowest BCUT2D eigenvalue weighted by molar-refractivity contribution is -0.118. The smallest absolute Gasteiger partial charge is 0.229 e. The summed E-state index contributed by atoms with van der Waals surface area (Å²) in [5.41, 5.74) is 1.02. The monoisotopic (exact) mass is 346 g/mol. The molecule has 0 bridgehead atoms. The molecule has 0 radical (unpaired) electrons. The number of amides is 1. The third kappa shape index (κ3) is 3.66. The highest BCUT2D eigenvalue weighted by molar-refractivity contribution is 7.14. The highest BCUT2D eigenvalue weighted by Crippen LogP contribution is 2.24. The van der Waals surface area contributed by atoms with Gasteiger partial charge in [0.2, 0.25) is 5.91 Å². The highest BCUT2D eigenvalue weighted by atomic mass is 32.1. The number of thiazole rings is 1. The maximum atomic E-state index is 13.2. The largest absolute Gasteiger partial charge is 0.388 e. The Kier molecular flexibility index (Phi) is 4.68. The standard InChI is InChI=1S/C16H15FN4O2S/c1-21-6-5-18-15(21)12-9-24-16(19-12)20-14(23)8-13(22)10-3-2-4-11(17)7-10/h2-7,9,13,22H,8H2,1H3,(H,19,20,23). The van der Waals surface area contributed by atoms with Crippen LogP contribution in [0.2, 0.25) is 0 Å². The molecule has 2 heterocycles. The third-order valence-corrected chi connectivity index (χ3v) is 4.17. The average Bonchev–Trinajstić information content (AvgIpc) is 3.15. The van der Waals surface area contributed by atoms with Crippen LogP contribution in [0.3, 0.4) is 0 Å². The number of hydrogen-bond acceptors (Lipinski definition) is 5. The van der Waals surface area contributed by atoms with Crippen molar-refractivity contribution in [1.29, 1.82) is 0 Å². The molecule has 0 saturated heterocycles. The van der Waals surface area contributed by atoms with Gasteiger partial charge in [-0.25, -0.2) is 14.4 Å². The topological polar surface area (TPSA) is 80.0 Å². The molecule has 8 heteroatoms. The zero-order valence-electron chi connectivity index (χ0n) is 12.8. The quantitative estimate of drug-likeness (QED) is 0.744. The fourth-order valence-electron chi connectivity index (χ4n) is 2.22. The van der Waals surface area contributed by atoms with Crippen LogP contribution in [0.4, 0.5) is 9.52 Å². The molecule has 1 aromatic carbocycles. The number of aliphatic hydroxyl groups is 1. The van der Waals surface area contributed by atoms with Crippen LogP contribution in [0.15, 0.2) is 42.0 Å². The van der Waals surface area contributed by atoms with Gasteiger partial charge in [-0.2, -0.15) is 0 Å². The van der Waals surface area contributed by atoms with Crippen LogP contribution in [0.5, 0.6) is 0 Å². The number of rotatable bonds is 5. The number of imidazole rings is 1. The van der Waals surface area contributed by atoms with E-state index in [0.29, 0.717) is 22.2 Å². The molecule has 0 fully saturated rings. The average molecular weight is 346 g/mol. The zero-order chi connectivity index (χ0) is 17.1. The molecule has 6 nitrogen and oxygen atoms in total. The maximum absolute atomic E-state index is 13.2. The first kappa shape index (κ1) is 16.3. The number of anilines is 1. The minimum Gasteiger partial charge on any atom is -0.388 e. The van der Waals surface area contributed by atoms with Crippen LogP contribution in [-0.4, -0.2) is 25.5 Å². The normalized spacial score (nSPS) is 12.1. The van der Waals surface area contributed by atoms with Gasteiger partial charge in [-0.1, -0.05) is 12.1 Å². The second-order valence-corrected chi connectivity index (χ2v) is 6.08. The molecule has 24 heavy (non-hydrogen) atoms. The Labute approximate surface area is 141 Å². The molecule has 3 rings (SSSR count). The molecule has 2 N–H and O–H groups in total. The summed E-state index contributed by atoms with van der Waals surface area (Å²) in [5, 5.41) is 14.9. The predicted molar refractivity (Wildman–Crippen MR) is 88.9 cm³/mol.